The SMILES string of the molecule is CCn1nc(C(C)=O)c(C)c1C. The summed E-state index contributed by atoms with van der Waals surface area (Å²) in [5.74, 6) is 0.0443. The van der Waals surface area contributed by atoms with Crippen molar-refractivity contribution in [2.45, 2.75) is 34.2 Å². The largest absolute Gasteiger partial charge is 0.293 e. The second-order valence-electron chi connectivity index (χ2n) is 2.93. The fourth-order valence-electron chi connectivity index (χ4n) is 1.28. The van der Waals surface area contributed by atoms with Crippen molar-refractivity contribution in [2.24, 2.45) is 0 Å². The molecule has 0 atom stereocenters. The molecule has 0 aliphatic rings. The van der Waals surface area contributed by atoms with Gasteiger partial charge in [-0.25, -0.2) is 0 Å². The van der Waals surface area contributed by atoms with E-state index in [9.17, 15) is 4.79 Å². The number of Topliss-reactive ketones (excluding diaryl/α,β-unsaturated/α-hetero) is 1. The highest BCUT2D eigenvalue weighted by atomic mass is 16.1. The van der Waals surface area contributed by atoms with E-state index in [-0.39, 0.29) is 5.78 Å². The molecule has 12 heavy (non-hydrogen) atoms. The van der Waals surface area contributed by atoms with Gasteiger partial charge in [-0.15, -0.1) is 0 Å². The Morgan fingerprint density at radius 3 is 2.33 bits per heavy atom. The van der Waals surface area contributed by atoms with E-state index in [0.717, 1.165) is 17.8 Å². The van der Waals surface area contributed by atoms with Gasteiger partial charge in [0.2, 0.25) is 0 Å². The number of rotatable bonds is 2. The van der Waals surface area contributed by atoms with Gasteiger partial charge in [0.1, 0.15) is 5.69 Å². The molecule has 3 heteroatoms. The molecule has 0 saturated heterocycles. The first-order chi connectivity index (χ1) is 5.57. The first-order valence-corrected chi connectivity index (χ1v) is 4.12. The van der Waals surface area contributed by atoms with Crippen LogP contribution in [0.3, 0.4) is 0 Å². The van der Waals surface area contributed by atoms with Crippen molar-refractivity contribution >= 4 is 5.78 Å². The minimum absolute atomic E-state index is 0.0443. The molecule has 0 spiro atoms. The molecule has 3 nitrogen and oxygen atoms in total. The average molecular weight is 166 g/mol. The van der Waals surface area contributed by atoms with Crippen LogP contribution in [0.5, 0.6) is 0 Å². The van der Waals surface area contributed by atoms with Crippen LogP contribution in [0.25, 0.3) is 0 Å². The third-order valence-electron chi connectivity index (χ3n) is 2.14. The summed E-state index contributed by atoms with van der Waals surface area (Å²) >= 11 is 0. The van der Waals surface area contributed by atoms with Gasteiger partial charge in [-0.3, -0.25) is 9.48 Å². The van der Waals surface area contributed by atoms with Crippen molar-refractivity contribution in [3.63, 3.8) is 0 Å². The van der Waals surface area contributed by atoms with E-state index < -0.39 is 0 Å². The maximum absolute atomic E-state index is 11.1. The van der Waals surface area contributed by atoms with Crippen LogP contribution in [0.1, 0.15) is 35.6 Å². The van der Waals surface area contributed by atoms with E-state index >= 15 is 0 Å². The summed E-state index contributed by atoms with van der Waals surface area (Å²) < 4.78 is 1.85. The van der Waals surface area contributed by atoms with Gasteiger partial charge in [-0.05, 0) is 20.8 Å². The van der Waals surface area contributed by atoms with Crippen LogP contribution < -0.4 is 0 Å². The second kappa shape index (κ2) is 3.09. The topological polar surface area (TPSA) is 34.9 Å². The number of aromatic nitrogens is 2. The average Bonchev–Trinajstić information content (AvgIpc) is 2.30. The highest BCUT2D eigenvalue weighted by molar-refractivity contribution is 5.93. The van der Waals surface area contributed by atoms with Crippen molar-refractivity contribution in [3.8, 4) is 0 Å². The molecule has 0 bridgehead atoms. The highest BCUT2D eigenvalue weighted by Crippen LogP contribution is 2.12. The van der Waals surface area contributed by atoms with E-state index in [1.54, 1.807) is 6.92 Å². The van der Waals surface area contributed by atoms with Gasteiger partial charge in [0.25, 0.3) is 0 Å². The standard InChI is InChI=1S/C9H14N2O/c1-5-11-7(3)6(2)9(10-11)8(4)12/h5H2,1-4H3. The molecular weight excluding hydrogens is 152 g/mol. The Kier molecular flexibility index (Phi) is 2.31. The predicted octanol–water partition coefficient (Wildman–Crippen LogP) is 1.72. The van der Waals surface area contributed by atoms with E-state index in [2.05, 4.69) is 5.10 Å². The molecule has 0 fully saturated rings. The lowest BCUT2D eigenvalue weighted by Gasteiger charge is -1.96. The number of nitrogens with zero attached hydrogens (tertiary/aromatic N) is 2. The Morgan fingerprint density at radius 1 is 1.50 bits per heavy atom. The summed E-state index contributed by atoms with van der Waals surface area (Å²) in [7, 11) is 0. The van der Waals surface area contributed by atoms with Crippen molar-refractivity contribution < 1.29 is 4.79 Å². The molecule has 0 N–H and O–H groups in total. The fourth-order valence-corrected chi connectivity index (χ4v) is 1.28. The van der Waals surface area contributed by atoms with E-state index in [4.69, 9.17) is 0 Å². The number of hydrogen-bond donors (Lipinski definition) is 0. The first kappa shape index (κ1) is 8.97. The molecule has 1 aromatic heterocycles. The smallest absolute Gasteiger partial charge is 0.180 e. The zero-order valence-electron chi connectivity index (χ0n) is 8.01. The zero-order chi connectivity index (χ0) is 9.30. The fraction of sp³-hybridized carbons (Fsp3) is 0.556. The summed E-state index contributed by atoms with van der Waals surface area (Å²) in [5, 5.41) is 4.19. The molecular formula is C9H14N2O. The van der Waals surface area contributed by atoms with Crippen molar-refractivity contribution in [3.05, 3.63) is 17.0 Å². The molecule has 66 valence electrons. The van der Waals surface area contributed by atoms with Crippen LogP contribution in [0.15, 0.2) is 0 Å². The van der Waals surface area contributed by atoms with Gasteiger partial charge >= 0.3 is 0 Å². The number of ketones is 1. The second-order valence-corrected chi connectivity index (χ2v) is 2.93. The summed E-state index contributed by atoms with van der Waals surface area (Å²) in [6, 6.07) is 0. The molecule has 0 saturated carbocycles. The van der Waals surface area contributed by atoms with Gasteiger partial charge in [0, 0.05) is 24.7 Å². The van der Waals surface area contributed by atoms with Gasteiger partial charge in [-0.1, -0.05) is 0 Å². The lowest BCUT2D eigenvalue weighted by molar-refractivity contribution is 0.101. The highest BCUT2D eigenvalue weighted by Gasteiger charge is 2.12. The molecule has 0 aliphatic carbocycles. The maximum Gasteiger partial charge on any atom is 0.180 e. The van der Waals surface area contributed by atoms with E-state index in [1.807, 2.05) is 25.5 Å². The van der Waals surface area contributed by atoms with Crippen molar-refractivity contribution in [1.29, 1.82) is 0 Å². The summed E-state index contributed by atoms with van der Waals surface area (Å²) in [6.45, 7) is 8.31. The molecule has 0 radical (unpaired) electrons. The lowest BCUT2D eigenvalue weighted by atomic mass is 10.2. The molecule has 0 unspecified atom stereocenters. The predicted molar refractivity (Wildman–Crippen MR) is 47.4 cm³/mol. The minimum Gasteiger partial charge on any atom is -0.293 e. The van der Waals surface area contributed by atoms with Crippen LogP contribution >= 0.6 is 0 Å². The Bertz CT molecular complexity index is 313. The number of hydrogen-bond acceptors (Lipinski definition) is 2. The monoisotopic (exact) mass is 166 g/mol. The molecule has 0 aliphatic heterocycles. The lowest BCUT2D eigenvalue weighted by Crippen LogP contribution is -2.00. The van der Waals surface area contributed by atoms with Crippen LogP contribution in [-0.4, -0.2) is 15.6 Å². The van der Waals surface area contributed by atoms with Crippen LogP contribution in [0.2, 0.25) is 0 Å². The molecule has 1 rings (SSSR count). The van der Waals surface area contributed by atoms with Gasteiger partial charge in [-0.2, -0.15) is 5.10 Å². The van der Waals surface area contributed by atoms with Crippen molar-refractivity contribution in [1.82, 2.24) is 9.78 Å². The normalized spacial score (nSPS) is 10.3. The molecule has 1 heterocycles. The third-order valence-corrected chi connectivity index (χ3v) is 2.14. The number of aryl methyl sites for hydroxylation is 1. The Hall–Kier alpha value is -1.12. The summed E-state index contributed by atoms with van der Waals surface area (Å²) in [6.07, 6.45) is 0. The van der Waals surface area contributed by atoms with Crippen LogP contribution in [0.4, 0.5) is 0 Å². The van der Waals surface area contributed by atoms with Crippen LogP contribution in [0, 0.1) is 13.8 Å². The minimum atomic E-state index is 0.0443. The van der Waals surface area contributed by atoms with Gasteiger partial charge < -0.3 is 0 Å². The number of carbonyl (C=O) groups excluding carboxylic acids is 1. The van der Waals surface area contributed by atoms with Gasteiger partial charge in [0.15, 0.2) is 5.78 Å². The quantitative estimate of drug-likeness (QED) is 0.627. The summed E-state index contributed by atoms with van der Waals surface area (Å²) in [5.41, 5.74) is 2.70. The van der Waals surface area contributed by atoms with Gasteiger partial charge in [0.05, 0.1) is 0 Å². The zero-order valence-corrected chi connectivity index (χ0v) is 8.01. The number of carbonyl (C=O) groups is 1. The van der Waals surface area contributed by atoms with Crippen LogP contribution in [-0.2, 0) is 6.54 Å². The van der Waals surface area contributed by atoms with E-state index in [1.165, 1.54) is 0 Å². The molecule has 0 amide bonds. The summed E-state index contributed by atoms with van der Waals surface area (Å²) in [4.78, 5) is 11.1. The maximum atomic E-state index is 11.1. The van der Waals surface area contributed by atoms with Crippen molar-refractivity contribution in [2.75, 3.05) is 0 Å². The Labute approximate surface area is 72.4 Å². The first-order valence-electron chi connectivity index (χ1n) is 4.12. The van der Waals surface area contributed by atoms with E-state index in [0.29, 0.717) is 5.69 Å². The third kappa shape index (κ3) is 1.26. The Balaban J connectivity index is 3.25. The molecule has 1 aromatic rings. The Morgan fingerprint density at radius 2 is 2.08 bits per heavy atom. The molecule has 0 aromatic carbocycles.